The van der Waals surface area contributed by atoms with Crippen molar-refractivity contribution in [2.45, 2.75) is 6.92 Å². The summed E-state index contributed by atoms with van der Waals surface area (Å²) in [5.41, 5.74) is 8.37. The molecule has 88 valence electrons. The summed E-state index contributed by atoms with van der Waals surface area (Å²) in [7, 11) is 0. The van der Waals surface area contributed by atoms with Crippen LogP contribution >= 0.6 is 11.3 Å². The minimum absolute atomic E-state index is 0.106. The Kier molecular flexibility index (Phi) is 3.44. The monoisotopic (exact) mass is 246 g/mol. The maximum absolute atomic E-state index is 11.9. The van der Waals surface area contributed by atoms with Crippen molar-refractivity contribution in [3.05, 3.63) is 41.3 Å². The van der Waals surface area contributed by atoms with E-state index in [2.05, 4.69) is 5.32 Å². The standard InChI is InChI=1S/C13H14N2OS/c1-2-15-13(16)11-10(8-17-12(11)14)9-6-4-3-5-7-9/h3-8H,2,14H2,1H3,(H,15,16). The van der Waals surface area contributed by atoms with Crippen molar-refractivity contribution in [2.75, 3.05) is 12.3 Å². The molecule has 0 radical (unpaired) electrons. The molecule has 0 aliphatic rings. The fraction of sp³-hybridized carbons (Fsp3) is 0.154. The van der Waals surface area contributed by atoms with E-state index in [0.29, 0.717) is 17.1 Å². The minimum atomic E-state index is -0.106. The molecular formula is C13H14N2OS. The van der Waals surface area contributed by atoms with Crippen LogP contribution in [0.15, 0.2) is 35.7 Å². The van der Waals surface area contributed by atoms with E-state index in [1.54, 1.807) is 0 Å². The van der Waals surface area contributed by atoms with Crippen LogP contribution in [0.5, 0.6) is 0 Å². The first-order valence-electron chi connectivity index (χ1n) is 5.44. The zero-order valence-electron chi connectivity index (χ0n) is 9.57. The van der Waals surface area contributed by atoms with Gasteiger partial charge >= 0.3 is 0 Å². The Morgan fingerprint density at radius 3 is 2.71 bits per heavy atom. The van der Waals surface area contributed by atoms with Gasteiger partial charge in [-0.1, -0.05) is 30.3 Å². The average Bonchev–Trinajstić information content (AvgIpc) is 2.73. The van der Waals surface area contributed by atoms with Gasteiger partial charge in [-0.05, 0) is 12.5 Å². The second-order valence-electron chi connectivity index (χ2n) is 3.61. The van der Waals surface area contributed by atoms with Crippen molar-refractivity contribution in [3.63, 3.8) is 0 Å². The van der Waals surface area contributed by atoms with Crippen LogP contribution in [0.1, 0.15) is 17.3 Å². The summed E-state index contributed by atoms with van der Waals surface area (Å²) in [6.07, 6.45) is 0. The third-order valence-electron chi connectivity index (χ3n) is 2.47. The Labute approximate surface area is 104 Å². The highest BCUT2D eigenvalue weighted by molar-refractivity contribution is 7.15. The van der Waals surface area contributed by atoms with E-state index in [1.807, 2.05) is 42.6 Å². The lowest BCUT2D eigenvalue weighted by molar-refractivity contribution is 0.0957. The van der Waals surface area contributed by atoms with Gasteiger partial charge in [-0.25, -0.2) is 0 Å². The number of hydrogen-bond donors (Lipinski definition) is 2. The Balaban J connectivity index is 2.46. The van der Waals surface area contributed by atoms with Gasteiger partial charge in [0.15, 0.2) is 0 Å². The lowest BCUT2D eigenvalue weighted by Crippen LogP contribution is -2.23. The molecule has 2 aromatic rings. The smallest absolute Gasteiger partial charge is 0.254 e. The van der Waals surface area contributed by atoms with Crippen LogP contribution in [0.4, 0.5) is 5.00 Å². The van der Waals surface area contributed by atoms with Gasteiger partial charge in [0.05, 0.1) is 10.6 Å². The normalized spacial score (nSPS) is 10.2. The number of hydrogen-bond acceptors (Lipinski definition) is 3. The van der Waals surface area contributed by atoms with E-state index in [-0.39, 0.29) is 5.91 Å². The Morgan fingerprint density at radius 2 is 2.06 bits per heavy atom. The van der Waals surface area contributed by atoms with Gasteiger partial charge in [0.1, 0.15) is 0 Å². The van der Waals surface area contributed by atoms with Crippen molar-refractivity contribution in [2.24, 2.45) is 0 Å². The third kappa shape index (κ3) is 2.31. The average molecular weight is 246 g/mol. The fourth-order valence-corrected chi connectivity index (χ4v) is 2.51. The van der Waals surface area contributed by atoms with Crippen molar-refractivity contribution in [1.29, 1.82) is 0 Å². The van der Waals surface area contributed by atoms with E-state index in [0.717, 1.165) is 11.1 Å². The number of nitrogen functional groups attached to an aromatic ring is 1. The molecule has 0 saturated heterocycles. The first-order valence-corrected chi connectivity index (χ1v) is 6.32. The molecule has 1 aromatic heterocycles. The molecular weight excluding hydrogens is 232 g/mol. The second kappa shape index (κ2) is 5.01. The van der Waals surface area contributed by atoms with Crippen molar-refractivity contribution >= 4 is 22.2 Å². The molecule has 0 atom stereocenters. The molecule has 1 aromatic carbocycles. The van der Waals surface area contributed by atoms with Crippen LogP contribution in [-0.2, 0) is 0 Å². The predicted octanol–water partition coefficient (Wildman–Crippen LogP) is 2.75. The number of amides is 1. The van der Waals surface area contributed by atoms with Crippen LogP contribution in [0, 0.1) is 0 Å². The van der Waals surface area contributed by atoms with Gasteiger partial charge < -0.3 is 11.1 Å². The van der Waals surface area contributed by atoms with Crippen LogP contribution in [0.25, 0.3) is 11.1 Å². The molecule has 0 spiro atoms. The number of nitrogens with one attached hydrogen (secondary N) is 1. The summed E-state index contributed by atoms with van der Waals surface area (Å²) in [5.74, 6) is -0.106. The number of nitrogens with two attached hydrogens (primary N) is 1. The van der Waals surface area contributed by atoms with Crippen LogP contribution in [-0.4, -0.2) is 12.5 Å². The van der Waals surface area contributed by atoms with Crippen LogP contribution in [0.2, 0.25) is 0 Å². The van der Waals surface area contributed by atoms with E-state index in [1.165, 1.54) is 11.3 Å². The number of carbonyl (C=O) groups excluding carboxylic acids is 1. The maximum Gasteiger partial charge on any atom is 0.254 e. The first kappa shape index (κ1) is 11.7. The van der Waals surface area contributed by atoms with Crippen molar-refractivity contribution in [3.8, 4) is 11.1 Å². The Morgan fingerprint density at radius 1 is 1.35 bits per heavy atom. The van der Waals surface area contributed by atoms with E-state index < -0.39 is 0 Å². The van der Waals surface area contributed by atoms with E-state index >= 15 is 0 Å². The molecule has 0 bridgehead atoms. The molecule has 1 heterocycles. The molecule has 0 fully saturated rings. The zero-order valence-corrected chi connectivity index (χ0v) is 10.4. The summed E-state index contributed by atoms with van der Waals surface area (Å²) in [4.78, 5) is 11.9. The molecule has 1 amide bonds. The quantitative estimate of drug-likeness (QED) is 0.875. The molecule has 17 heavy (non-hydrogen) atoms. The zero-order chi connectivity index (χ0) is 12.3. The highest BCUT2D eigenvalue weighted by Gasteiger charge is 2.17. The van der Waals surface area contributed by atoms with Gasteiger partial charge in [0.25, 0.3) is 5.91 Å². The molecule has 2 rings (SSSR count). The summed E-state index contributed by atoms with van der Waals surface area (Å²) < 4.78 is 0. The molecule has 3 N–H and O–H groups in total. The maximum atomic E-state index is 11.9. The van der Waals surface area contributed by atoms with Crippen molar-refractivity contribution < 1.29 is 4.79 Å². The predicted molar refractivity (Wildman–Crippen MR) is 72.2 cm³/mol. The number of anilines is 1. The van der Waals surface area contributed by atoms with Gasteiger partial charge in [-0.15, -0.1) is 11.3 Å². The molecule has 0 unspecified atom stereocenters. The summed E-state index contributed by atoms with van der Waals surface area (Å²) in [6, 6.07) is 9.80. The number of carbonyl (C=O) groups is 1. The number of rotatable bonds is 3. The lowest BCUT2D eigenvalue weighted by atomic mass is 10.0. The topological polar surface area (TPSA) is 55.1 Å². The molecule has 0 saturated carbocycles. The highest BCUT2D eigenvalue weighted by atomic mass is 32.1. The van der Waals surface area contributed by atoms with Gasteiger partial charge in [0.2, 0.25) is 0 Å². The first-order chi connectivity index (χ1) is 8.24. The molecule has 0 aliphatic carbocycles. The van der Waals surface area contributed by atoms with Gasteiger partial charge in [0, 0.05) is 17.5 Å². The Bertz CT molecular complexity index is 519. The number of thiophene rings is 1. The summed E-state index contributed by atoms with van der Waals surface area (Å²) >= 11 is 1.40. The molecule has 4 heteroatoms. The highest BCUT2D eigenvalue weighted by Crippen LogP contribution is 2.33. The fourth-order valence-electron chi connectivity index (χ4n) is 1.69. The van der Waals surface area contributed by atoms with Gasteiger partial charge in [-0.3, -0.25) is 4.79 Å². The number of benzene rings is 1. The lowest BCUT2D eigenvalue weighted by Gasteiger charge is -2.05. The van der Waals surface area contributed by atoms with E-state index in [4.69, 9.17) is 5.73 Å². The second-order valence-corrected chi connectivity index (χ2v) is 4.53. The van der Waals surface area contributed by atoms with Gasteiger partial charge in [-0.2, -0.15) is 0 Å². The molecule has 0 aliphatic heterocycles. The van der Waals surface area contributed by atoms with Crippen LogP contribution < -0.4 is 11.1 Å². The largest absolute Gasteiger partial charge is 0.390 e. The third-order valence-corrected chi connectivity index (χ3v) is 3.28. The van der Waals surface area contributed by atoms with Crippen molar-refractivity contribution in [1.82, 2.24) is 5.32 Å². The van der Waals surface area contributed by atoms with E-state index in [9.17, 15) is 4.79 Å². The summed E-state index contributed by atoms with van der Waals surface area (Å²) in [5, 5.41) is 5.28. The SMILES string of the molecule is CCNC(=O)c1c(-c2ccccc2)csc1N. The summed E-state index contributed by atoms with van der Waals surface area (Å²) in [6.45, 7) is 2.49. The molecule has 3 nitrogen and oxygen atoms in total. The minimum Gasteiger partial charge on any atom is -0.390 e. The van der Waals surface area contributed by atoms with Crippen LogP contribution in [0.3, 0.4) is 0 Å². The Hall–Kier alpha value is -1.81.